The summed E-state index contributed by atoms with van der Waals surface area (Å²) < 4.78 is 16.3. The minimum atomic E-state index is -0.161. The molecule has 0 bridgehead atoms. The van der Waals surface area contributed by atoms with Crippen LogP contribution in [0.2, 0.25) is 0 Å². The molecule has 0 N–H and O–H groups in total. The second kappa shape index (κ2) is 9.42. The molecule has 25 heavy (non-hydrogen) atoms. The molecule has 4 heteroatoms. The van der Waals surface area contributed by atoms with Gasteiger partial charge in [0.15, 0.2) is 0 Å². The van der Waals surface area contributed by atoms with Gasteiger partial charge in [0, 0.05) is 6.42 Å². The van der Waals surface area contributed by atoms with E-state index < -0.39 is 0 Å². The lowest BCUT2D eigenvalue weighted by Crippen LogP contribution is -2.15. The first kappa shape index (κ1) is 19.3. The third kappa shape index (κ3) is 7.57. The van der Waals surface area contributed by atoms with Crippen molar-refractivity contribution >= 4 is 16.7 Å². The first-order chi connectivity index (χ1) is 11.9. The van der Waals surface area contributed by atoms with E-state index in [2.05, 4.69) is 32.9 Å². The number of benzene rings is 2. The van der Waals surface area contributed by atoms with Crippen LogP contribution in [0.15, 0.2) is 42.5 Å². The molecule has 0 aliphatic carbocycles. The highest BCUT2D eigenvalue weighted by atomic mass is 16.6. The van der Waals surface area contributed by atoms with Crippen LogP contribution in [0.3, 0.4) is 0 Å². The molecule has 0 aliphatic heterocycles. The fraction of sp³-hybridized carbons (Fsp3) is 0.476. The average Bonchev–Trinajstić information content (AvgIpc) is 2.58. The highest BCUT2D eigenvalue weighted by Crippen LogP contribution is 2.21. The third-order valence-electron chi connectivity index (χ3n) is 3.79. The lowest BCUT2D eigenvalue weighted by Gasteiger charge is -2.16. The predicted molar refractivity (Wildman–Crippen MR) is 99.9 cm³/mol. The molecule has 136 valence electrons. The van der Waals surface area contributed by atoms with Crippen molar-refractivity contribution < 1.29 is 19.0 Å². The Labute approximate surface area is 150 Å². The van der Waals surface area contributed by atoms with Gasteiger partial charge in [0.1, 0.15) is 19.0 Å². The summed E-state index contributed by atoms with van der Waals surface area (Å²) in [5.41, 5.74) is 0.148. The Kier molecular flexibility index (Phi) is 7.26. The molecule has 2 rings (SSSR count). The van der Waals surface area contributed by atoms with Crippen LogP contribution >= 0.6 is 0 Å². The second-order valence-corrected chi connectivity index (χ2v) is 7.25. The molecule has 0 fully saturated rings. The van der Waals surface area contributed by atoms with Crippen LogP contribution in [0, 0.1) is 5.41 Å². The molecule has 0 aliphatic rings. The van der Waals surface area contributed by atoms with Crippen molar-refractivity contribution in [1.29, 1.82) is 0 Å². The highest BCUT2D eigenvalue weighted by Gasteiger charge is 2.13. The van der Waals surface area contributed by atoms with Crippen LogP contribution in [0.25, 0.3) is 10.8 Å². The van der Waals surface area contributed by atoms with Crippen LogP contribution < -0.4 is 4.74 Å². The molecule has 0 unspecified atom stereocenters. The largest absolute Gasteiger partial charge is 0.491 e. The van der Waals surface area contributed by atoms with Crippen molar-refractivity contribution in [2.24, 2.45) is 5.41 Å². The van der Waals surface area contributed by atoms with Gasteiger partial charge in [-0.1, -0.05) is 51.1 Å². The van der Waals surface area contributed by atoms with E-state index in [-0.39, 0.29) is 11.4 Å². The van der Waals surface area contributed by atoms with E-state index in [1.54, 1.807) is 0 Å². The number of esters is 1. The van der Waals surface area contributed by atoms with Crippen LogP contribution in [-0.2, 0) is 14.3 Å². The standard InChI is InChI=1S/C21H28O4/c1-21(2,3)11-10-20(22)25-15-13-23-12-14-24-19-9-8-17-6-4-5-7-18(17)16-19/h4-9,16H,10-15H2,1-3H3. The van der Waals surface area contributed by atoms with Gasteiger partial charge >= 0.3 is 5.97 Å². The Balaban J connectivity index is 1.55. The summed E-state index contributed by atoms with van der Waals surface area (Å²) in [6.07, 6.45) is 1.28. The third-order valence-corrected chi connectivity index (χ3v) is 3.79. The molecule has 2 aromatic rings. The van der Waals surface area contributed by atoms with Gasteiger partial charge in [-0.25, -0.2) is 0 Å². The fourth-order valence-corrected chi connectivity index (χ4v) is 2.34. The maximum absolute atomic E-state index is 11.6. The molecule has 0 atom stereocenters. The van der Waals surface area contributed by atoms with Gasteiger partial charge in [-0.2, -0.15) is 0 Å². The number of carbonyl (C=O) groups excluding carboxylic acids is 1. The van der Waals surface area contributed by atoms with Gasteiger partial charge in [0.25, 0.3) is 0 Å². The molecule has 2 aromatic carbocycles. The van der Waals surface area contributed by atoms with E-state index >= 15 is 0 Å². The highest BCUT2D eigenvalue weighted by molar-refractivity contribution is 5.83. The lowest BCUT2D eigenvalue weighted by molar-refractivity contribution is -0.145. The molecule has 0 saturated carbocycles. The second-order valence-electron chi connectivity index (χ2n) is 7.25. The molecular weight excluding hydrogens is 316 g/mol. The summed E-state index contributed by atoms with van der Waals surface area (Å²) >= 11 is 0. The van der Waals surface area contributed by atoms with Gasteiger partial charge in [0.2, 0.25) is 0 Å². The van der Waals surface area contributed by atoms with Crippen LogP contribution in [0.4, 0.5) is 0 Å². The monoisotopic (exact) mass is 344 g/mol. The Hall–Kier alpha value is -2.07. The van der Waals surface area contributed by atoms with E-state index in [0.29, 0.717) is 32.8 Å². The minimum absolute atomic E-state index is 0.148. The maximum Gasteiger partial charge on any atom is 0.305 e. The van der Waals surface area contributed by atoms with Gasteiger partial charge < -0.3 is 14.2 Å². The van der Waals surface area contributed by atoms with Crippen molar-refractivity contribution in [2.75, 3.05) is 26.4 Å². The molecule has 4 nitrogen and oxygen atoms in total. The van der Waals surface area contributed by atoms with Gasteiger partial charge in [-0.05, 0) is 34.7 Å². The number of ether oxygens (including phenoxy) is 3. The Morgan fingerprint density at radius 2 is 1.64 bits per heavy atom. The number of hydrogen-bond donors (Lipinski definition) is 0. The zero-order valence-corrected chi connectivity index (χ0v) is 15.4. The number of rotatable bonds is 9. The number of carbonyl (C=O) groups is 1. The summed E-state index contributed by atoms with van der Waals surface area (Å²) in [5, 5.41) is 2.35. The smallest absolute Gasteiger partial charge is 0.305 e. The van der Waals surface area contributed by atoms with Crippen molar-refractivity contribution in [3.05, 3.63) is 42.5 Å². The quantitative estimate of drug-likeness (QED) is 0.492. The first-order valence-electron chi connectivity index (χ1n) is 8.79. The Bertz CT molecular complexity index is 673. The van der Waals surface area contributed by atoms with Crippen LogP contribution in [0.1, 0.15) is 33.6 Å². The van der Waals surface area contributed by atoms with Crippen molar-refractivity contribution in [1.82, 2.24) is 0 Å². The molecule has 0 aromatic heterocycles. The summed E-state index contributed by atoms with van der Waals surface area (Å²) in [4.78, 5) is 11.6. The zero-order chi connectivity index (χ0) is 18.1. The van der Waals surface area contributed by atoms with Crippen molar-refractivity contribution in [3.63, 3.8) is 0 Å². The first-order valence-corrected chi connectivity index (χ1v) is 8.79. The summed E-state index contributed by atoms with van der Waals surface area (Å²) in [7, 11) is 0. The predicted octanol–water partition coefficient (Wildman–Crippen LogP) is 4.60. The number of hydrogen-bond acceptors (Lipinski definition) is 4. The maximum atomic E-state index is 11.6. The van der Waals surface area contributed by atoms with Crippen molar-refractivity contribution in [2.45, 2.75) is 33.6 Å². The molecule has 0 amide bonds. The average molecular weight is 344 g/mol. The van der Waals surface area contributed by atoms with Crippen LogP contribution in [0.5, 0.6) is 5.75 Å². The van der Waals surface area contributed by atoms with Crippen LogP contribution in [-0.4, -0.2) is 32.4 Å². The van der Waals surface area contributed by atoms with Gasteiger partial charge in [-0.15, -0.1) is 0 Å². The normalized spacial score (nSPS) is 11.5. The SMILES string of the molecule is CC(C)(C)CCC(=O)OCCOCCOc1ccc2ccccc2c1. The minimum Gasteiger partial charge on any atom is -0.491 e. The number of fused-ring (bicyclic) bond motifs is 1. The van der Waals surface area contributed by atoms with E-state index in [1.165, 1.54) is 5.39 Å². The molecule has 0 saturated heterocycles. The van der Waals surface area contributed by atoms with E-state index in [1.807, 2.05) is 30.3 Å². The summed E-state index contributed by atoms with van der Waals surface area (Å²) in [6.45, 7) is 7.95. The Morgan fingerprint density at radius 1 is 0.920 bits per heavy atom. The zero-order valence-electron chi connectivity index (χ0n) is 15.4. The van der Waals surface area contributed by atoms with E-state index in [4.69, 9.17) is 14.2 Å². The molecule has 0 spiro atoms. The molecular formula is C21H28O4. The van der Waals surface area contributed by atoms with E-state index in [0.717, 1.165) is 17.6 Å². The Morgan fingerprint density at radius 3 is 2.40 bits per heavy atom. The van der Waals surface area contributed by atoms with E-state index in [9.17, 15) is 4.79 Å². The summed E-state index contributed by atoms with van der Waals surface area (Å²) in [6, 6.07) is 14.2. The van der Waals surface area contributed by atoms with Gasteiger partial charge in [-0.3, -0.25) is 4.79 Å². The summed E-state index contributed by atoms with van der Waals surface area (Å²) in [5.74, 6) is 0.668. The fourth-order valence-electron chi connectivity index (χ4n) is 2.34. The lowest BCUT2D eigenvalue weighted by atomic mass is 9.91. The topological polar surface area (TPSA) is 44.8 Å². The van der Waals surface area contributed by atoms with Gasteiger partial charge in [0.05, 0.1) is 13.2 Å². The van der Waals surface area contributed by atoms with Crippen molar-refractivity contribution in [3.8, 4) is 5.75 Å². The molecule has 0 heterocycles. The molecule has 0 radical (unpaired) electrons.